The van der Waals surface area contributed by atoms with Gasteiger partial charge in [0.2, 0.25) is 35.4 Å². The molecule has 22 N–H and O–H groups in total. The summed E-state index contributed by atoms with van der Waals surface area (Å²) in [4.78, 5) is 152. The van der Waals surface area contributed by atoms with Gasteiger partial charge in [0.05, 0.1) is 144 Å². The molecule has 4 unspecified atom stereocenters. The van der Waals surface area contributed by atoms with E-state index in [1.807, 2.05) is 20.8 Å². The van der Waals surface area contributed by atoms with E-state index in [4.69, 9.17) is 56.8 Å². The molecule has 0 spiro atoms. The molecule has 10 amide bonds. The number of nitrogens with one attached hydrogen (secondary N) is 9. The molecule has 5 heterocycles. The van der Waals surface area contributed by atoms with Gasteiger partial charge in [-0.2, -0.15) is 0 Å². The van der Waals surface area contributed by atoms with Crippen LogP contribution >= 0.6 is 0 Å². The first kappa shape index (κ1) is 108. The van der Waals surface area contributed by atoms with Crippen molar-refractivity contribution in [2.45, 2.75) is 197 Å². The molecule has 5 aliphatic rings. The summed E-state index contributed by atoms with van der Waals surface area (Å²) in [6, 6.07) is 4.81. The van der Waals surface area contributed by atoms with Gasteiger partial charge in [0.1, 0.15) is 67.0 Å². The number of rotatable bonds is 54. The summed E-state index contributed by atoms with van der Waals surface area (Å²) >= 11 is 0. The van der Waals surface area contributed by atoms with Gasteiger partial charge >= 0.3 is 0 Å². The van der Waals surface area contributed by atoms with Crippen molar-refractivity contribution in [2.24, 2.45) is 22.7 Å². The average Bonchev–Trinajstić information content (AvgIpc) is 1.61. The molecule has 728 valence electrons. The highest BCUT2D eigenvalue weighted by atomic mass is 16.7. The van der Waals surface area contributed by atoms with E-state index in [1.54, 1.807) is 18.7 Å². The highest BCUT2D eigenvalue weighted by Crippen LogP contribution is 2.48. The van der Waals surface area contributed by atoms with Crippen LogP contribution in [0, 0.1) is 22.7 Å². The fourth-order valence-corrected chi connectivity index (χ4v) is 14.8. The van der Waals surface area contributed by atoms with Gasteiger partial charge in [0.25, 0.3) is 23.6 Å². The number of carbonyl (C=O) groups excluding carboxylic acids is 11. The van der Waals surface area contributed by atoms with Gasteiger partial charge in [0, 0.05) is 123 Å². The number of hydrogen-bond acceptors (Lipinski definition) is 36. The molecule has 0 aromatic heterocycles. The van der Waals surface area contributed by atoms with Crippen LogP contribution in [0.1, 0.15) is 127 Å². The van der Waals surface area contributed by atoms with Gasteiger partial charge < -0.3 is 176 Å². The molecule has 46 heteroatoms. The lowest BCUT2D eigenvalue weighted by atomic mass is 9.67. The molecule has 0 aliphatic carbocycles. The molecule has 5 fully saturated rings. The first-order valence-corrected chi connectivity index (χ1v) is 43.0. The van der Waals surface area contributed by atoms with Gasteiger partial charge in [0.15, 0.2) is 30.9 Å². The molecular formula is C83H130N10O36. The quantitative estimate of drug-likeness (QED) is 0.0274. The lowest BCUT2D eigenvalue weighted by Gasteiger charge is -2.42. The number of Topliss-reactive ketones (excluding diaryl/α,β-unsaturated/α-hetero) is 1. The second kappa shape index (κ2) is 54.1. The van der Waals surface area contributed by atoms with Crippen molar-refractivity contribution >= 4 is 70.5 Å². The third-order valence-electron chi connectivity index (χ3n) is 23.0. The summed E-state index contributed by atoms with van der Waals surface area (Å²) in [6.07, 6.45) is -21.1. The Morgan fingerprint density at radius 1 is 0.465 bits per heavy atom. The minimum atomic E-state index is -1.59. The standard InChI is InChI=1S/C83H130N10O36/c1-7-82(5)42-93(43-83(82,6)44-98)64(105)11-10-62(103)92-55(78(117)89-37-63(104)91-53-33-51(76(115)86-14-16-118-20-24-122-65-35-56(101)69(108)57(38-94)126-65)32-52(34-53)77(116)87-15-19-120-22-26-124-80-46(3)68(107)71(110)59(40-96)128-80)8-9-61(102)88-36-54(100)30-48-28-49(74(113)84-12-17-119-21-25-123-79-45(2)67(106)70(109)58(39-95)127-79)31-50(29-48)75(114)85-13-18-121-23-27-125-81-66(90-47(4)99)73(112)72(111)60(41-97)129-81/h28-29,31-34,45-46,55-60,65-73,79-81,94-98,101,106-112H,7-27,30,35-44H2,1-6H3,(H,84,113)(H,85,114)(H,86,115)(H,87,116)(H,88,102)(H,89,117)(H,90,99)(H,91,104)(H,92,103)/t45-,46-,55+,56-,57-,58-,59-,60-,65?,66-,67-,68-,69-,70+,71+,72+,73-,79?,80?,81?,82+,83+/m1/s1. The predicted octanol–water partition coefficient (Wildman–Crippen LogP) is -8.05. The fraction of sp³-hybridized carbons (Fsp3) is 0.723. The number of ketones is 1. The zero-order valence-electron chi connectivity index (χ0n) is 73.3. The molecule has 5 aliphatic heterocycles. The number of aliphatic hydroxyl groups is 13. The van der Waals surface area contributed by atoms with Crippen molar-refractivity contribution in [3.8, 4) is 0 Å². The lowest BCUT2D eigenvalue weighted by Crippen LogP contribution is -2.64. The number of benzene rings is 2. The van der Waals surface area contributed by atoms with Crippen LogP contribution in [-0.2, 0) is 96.8 Å². The maximum absolute atomic E-state index is 14.2. The summed E-state index contributed by atoms with van der Waals surface area (Å²) in [6.45, 7) is 5.44. The summed E-state index contributed by atoms with van der Waals surface area (Å²) < 4.78 is 67.2. The maximum Gasteiger partial charge on any atom is 0.251 e. The van der Waals surface area contributed by atoms with E-state index in [9.17, 15) is 119 Å². The van der Waals surface area contributed by atoms with Crippen LogP contribution in [0.25, 0.3) is 0 Å². The topological polar surface area (TPSA) is 673 Å². The molecule has 0 saturated carbocycles. The molecular weight excluding hydrogens is 1710 g/mol. The van der Waals surface area contributed by atoms with Crippen LogP contribution in [-0.4, -0.2) is 411 Å². The third-order valence-corrected chi connectivity index (χ3v) is 23.0. The van der Waals surface area contributed by atoms with Crippen molar-refractivity contribution in [1.29, 1.82) is 0 Å². The number of likely N-dealkylation sites (tertiary alicyclic amines) is 1. The Hall–Kier alpha value is -8.19. The van der Waals surface area contributed by atoms with Crippen LogP contribution in [0.15, 0.2) is 36.4 Å². The van der Waals surface area contributed by atoms with Crippen LogP contribution < -0.4 is 47.9 Å². The molecule has 0 bridgehead atoms. The number of nitrogens with zero attached hydrogens (tertiary/aromatic N) is 1. The zero-order chi connectivity index (χ0) is 94.7. The van der Waals surface area contributed by atoms with Crippen molar-refractivity contribution in [1.82, 2.24) is 47.4 Å². The van der Waals surface area contributed by atoms with Crippen molar-refractivity contribution in [2.75, 3.05) is 170 Å². The molecule has 0 radical (unpaired) electrons. The largest absolute Gasteiger partial charge is 0.396 e. The Balaban J connectivity index is 0.986. The SMILES string of the molecule is CC[C@@]1(C)CN(C(=O)CCC(=O)N[C@@H](CCC(=O)NCC(=O)Cc2cc(C(=O)NCCOCCOC3O[C@H](CO)[C@H](O)[C@H](O)[C@H]3C)cc(C(=O)NCCOCCOC3O[C@H](CO)[C@H](O)[C@H](O)[C@H]3NC(C)=O)c2)C(=O)NCC(=O)Nc2cc(C(=O)NCCOCCOC3C[C@@H](O)[C@@H](O)[C@@H](CO)O3)cc(C(=O)NCCOCCOC3O[C@H](CO)[C@H](O)[C@H](O)[C@H]3C)c2)C[C@@]1(C)CO. The molecule has 2 aromatic carbocycles. The Bertz CT molecular complexity index is 3920. The second-order valence-corrected chi connectivity index (χ2v) is 32.6. The normalized spacial score (nSPS) is 28.2. The number of aliphatic hydroxyl groups excluding tert-OH is 13. The third kappa shape index (κ3) is 32.9. The van der Waals surface area contributed by atoms with E-state index >= 15 is 0 Å². The van der Waals surface area contributed by atoms with E-state index in [0.717, 1.165) is 0 Å². The first-order chi connectivity index (χ1) is 61.5. The first-order valence-electron chi connectivity index (χ1n) is 43.0. The van der Waals surface area contributed by atoms with Gasteiger partial charge in [-0.25, -0.2) is 0 Å². The number of hydrogen-bond donors (Lipinski definition) is 22. The number of amides is 10. The Kier molecular flexibility index (Phi) is 45.2. The van der Waals surface area contributed by atoms with Crippen LogP contribution in [0.2, 0.25) is 0 Å². The van der Waals surface area contributed by atoms with Crippen molar-refractivity contribution in [3.63, 3.8) is 0 Å². The van der Waals surface area contributed by atoms with E-state index in [2.05, 4.69) is 47.9 Å². The second-order valence-electron chi connectivity index (χ2n) is 32.6. The number of anilines is 1. The van der Waals surface area contributed by atoms with Crippen LogP contribution in [0.4, 0.5) is 5.69 Å². The highest BCUT2D eigenvalue weighted by molar-refractivity contribution is 6.04. The smallest absolute Gasteiger partial charge is 0.251 e. The molecule has 22 atom stereocenters. The summed E-state index contributed by atoms with van der Waals surface area (Å²) in [5, 5.41) is 154. The van der Waals surface area contributed by atoms with Crippen LogP contribution in [0.5, 0.6) is 0 Å². The number of ether oxygens (including phenoxy) is 12. The minimum absolute atomic E-state index is 0.0133. The van der Waals surface area contributed by atoms with Crippen LogP contribution in [0.3, 0.4) is 0 Å². The van der Waals surface area contributed by atoms with Crippen molar-refractivity contribution in [3.05, 3.63) is 64.2 Å². The van der Waals surface area contributed by atoms with Gasteiger partial charge in [-0.1, -0.05) is 34.6 Å². The minimum Gasteiger partial charge on any atom is -0.396 e. The van der Waals surface area contributed by atoms with Gasteiger partial charge in [-0.05, 0) is 60.2 Å². The van der Waals surface area contributed by atoms with Crippen molar-refractivity contribution < 1.29 is 176 Å². The summed E-state index contributed by atoms with van der Waals surface area (Å²) in [5.41, 5.74) is -1.56. The monoisotopic (exact) mass is 1840 g/mol. The van der Waals surface area contributed by atoms with E-state index in [1.165, 1.54) is 43.3 Å². The van der Waals surface area contributed by atoms with Gasteiger partial charge in [-0.3, -0.25) is 52.7 Å². The Morgan fingerprint density at radius 2 is 0.899 bits per heavy atom. The molecule has 7 rings (SSSR count). The Morgan fingerprint density at radius 3 is 1.35 bits per heavy atom. The van der Waals surface area contributed by atoms with Gasteiger partial charge in [-0.15, -0.1) is 0 Å². The number of carbonyl (C=O) groups is 11. The summed E-state index contributed by atoms with van der Waals surface area (Å²) in [7, 11) is 0. The highest BCUT2D eigenvalue weighted by Gasteiger charge is 2.52. The average molecular weight is 1840 g/mol. The van der Waals surface area contributed by atoms with E-state index in [0.29, 0.717) is 13.0 Å². The zero-order valence-corrected chi connectivity index (χ0v) is 73.3. The lowest BCUT2D eigenvalue weighted by molar-refractivity contribution is -0.284. The predicted molar refractivity (Wildman–Crippen MR) is 445 cm³/mol. The maximum atomic E-state index is 14.2. The summed E-state index contributed by atoms with van der Waals surface area (Å²) in [5.74, 6) is -9.41. The molecule has 5 saturated heterocycles. The fourth-order valence-electron chi connectivity index (χ4n) is 14.8. The molecule has 46 nitrogen and oxygen atoms in total. The van der Waals surface area contributed by atoms with E-state index in [-0.39, 0.29) is 165 Å². The van der Waals surface area contributed by atoms with E-state index < -0.39 is 263 Å². The molecule has 129 heavy (non-hydrogen) atoms. The molecule has 2 aromatic rings. The Labute approximate surface area is 745 Å².